The average Bonchev–Trinajstić information content (AvgIpc) is 3.14. The number of carbonyl (C=O) groups excluding carboxylic acids is 1. The maximum atomic E-state index is 11.9. The Bertz CT molecular complexity index is 337. The number of carboxylic acid groups (broad SMARTS) is 1. The van der Waals surface area contributed by atoms with E-state index in [4.69, 9.17) is 5.11 Å². The second-order valence-corrected chi connectivity index (χ2v) is 6.34. The van der Waals surface area contributed by atoms with Gasteiger partial charge in [-0.25, -0.2) is 9.59 Å². The summed E-state index contributed by atoms with van der Waals surface area (Å²) in [6, 6.07) is -0.857. The van der Waals surface area contributed by atoms with Crippen LogP contribution in [0.2, 0.25) is 0 Å². The molecule has 0 unspecified atom stereocenters. The molecule has 2 fully saturated rings. The highest BCUT2D eigenvalue weighted by molar-refractivity contribution is 5.82. The third-order valence-electron chi connectivity index (χ3n) is 3.87. The van der Waals surface area contributed by atoms with Crippen LogP contribution < -0.4 is 10.6 Å². The molecule has 3 N–H and O–H groups in total. The first-order valence-electron chi connectivity index (χ1n) is 7.27. The van der Waals surface area contributed by atoms with Crippen molar-refractivity contribution in [1.29, 1.82) is 0 Å². The summed E-state index contributed by atoms with van der Waals surface area (Å²) in [7, 11) is 0. The lowest BCUT2D eigenvalue weighted by atomic mass is 10.0. The molecule has 2 rings (SSSR count). The van der Waals surface area contributed by atoms with E-state index in [-0.39, 0.29) is 18.0 Å². The number of rotatable bonds is 7. The van der Waals surface area contributed by atoms with Gasteiger partial charge in [0.2, 0.25) is 0 Å². The largest absolute Gasteiger partial charge is 0.480 e. The zero-order chi connectivity index (χ0) is 14.0. The summed E-state index contributed by atoms with van der Waals surface area (Å²) >= 11 is 0. The molecule has 0 heterocycles. The summed E-state index contributed by atoms with van der Waals surface area (Å²) in [5.74, 6) is 0.514. The predicted octanol–water partition coefficient (Wildman–Crippen LogP) is 1.97. The van der Waals surface area contributed by atoms with Crippen LogP contribution in [0.5, 0.6) is 0 Å². The minimum atomic E-state index is -0.960. The van der Waals surface area contributed by atoms with Gasteiger partial charge in [0.25, 0.3) is 0 Å². The van der Waals surface area contributed by atoms with E-state index in [2.05, 4.69) is 10.6 Å². The van der Waals surface area contributed by atoms with Gasteiger partial charge < -0.3 is 15.7 Å². The minimum absolute atomic E-state index is 0.240. The van der Waals surface area contributed by atoms with E-state index in [9.17, 15) is 9.59 Å². The number of aliphatic carboxylic acids is 1. The van der Waals surface area contributed by atoms with Gasteiger partial charge in [0.05, 0.1) is 0 Å². The SMILES string of the molecule is CC(C)C[C@@H](NC(=O)NC(C1CC1)C1CC1)C(=O)O. The van der Waals surface area contributed by atoms with Crippen molar-refractivity contribution in [3.05, 3.63) is 0 Å². The van der Waals surface area contributed by atoms with Crippen molar-refractivity contribution in [1.82, 2.24) is 10.6 Å². The van der Waals surface area contributed by atoms with Crippen LogP contribution in [0.1, 0.15) is 46.0 Å². The van der Waals surface area contributed by atoms with Crippen LogP contribution >= 0.6 is 0 Å². The Labute approximate surface area is 114 Å². The molecule has 2 aliphatic rings. The lowest BCUT2D eigenvalue weighted by Crippen LogP contribution is -2.50. The van der Waals surface area contributed by atoms with Crippen molar-refractivity contribution < 1.29 is 14.7 Å². The van der Waals surface area contributed by atoms with Crippen molar-refractivity contribution in [2.45, 2.75) is 58.0 Å². The van der Waals surface area contributed by atoms with E-state index in [0.29, 0.717) is 18.3 Å². The average molecular weight is 268 g/mol. The summed E-state index contributed by atoms with van der Waals surface area (Å²) in [6.45, 7) is 3.90. The van der Waals surface area contributed by atoms with Crippen molar-refractivity contribution in [3.63, 3.8) is 0 Å². The number of amides is 2. The Morgan fingerprint density at radius 3 is 2.00 bits per heavy atom. The van der Waals surface area contributed by atoms with Crippen LogP contribution in [0.15, 0.2) is 0 Å². The van der Waals surface area contributed by atoms with E-state index < -0.39 is 12.0 Å². The van der Waals surface area contributed by atoms with Crippen molar-refractivity contribution in [3.8, 4) is 0 Å². The van der Waals surface area contributed by atoms with Gasteiger partial charge >= 0.3 is 12.0 Å². The normalized spacial score (nSPS) is 20.4. The van der Waals surface area contributed by atoms with Gasteiger partial charge in [-0.15, -0.1) is 0 Å². The zero-order valence-electron chi connectivity index (χ0n) is 11.7. The highest BCUT2D eigenvalue weighted by Crippen LogP contribution is 2.44. The Morgan fingerprint density at radius 2 is 1.63 bits per heavy atom. The maximum absolute atomic E-state index is 11.9. The summed E-state index contributed by atoms with van der Waals surface area (Å²) in [5.41, 5.74) is 0. The molecule has 0 aromatic rings. The van der Waals surface area contributed by atoms with Crippen molar-refractivity contribution in [2.75, 3.05) is 0 Å². The number of urea groups is 1. The standard InChI is InChI=1S/C14H24N2O3/c1-8(2)7-11(13(17)18)15-14(19)16-12(9-3-4-9)10-5-6-10/h8-12H,3-7H2,1-2H3,(H,17,18)(H2,15,16,19)/t11-/m1/s1. The Kier molecular flexibility index (Phi) is 4.32. The summed E-state index contributed by atoms with van der Waals surface area (Å²) in [4.78, 5) is 23.0. The quantitative estimate of drug-likeness (QED) is 0.660. The summed E-state index contributed by atoms with van der Waals surface area (Å²) in [5, 5.41) is 14.7. The minimum Gasteiger partial charge on any atom is -0.480 e. The van der Waals surface area contributed by atoms with Gasteiger partial charge in [-0.2, -0.15) is 0 Å². The maximum Gasteiger partial charge on any atom is 0.326 e. The van der Waals surface area contributed by atoms with Crippen molar-refractivity contribution >= 4 is 12.0 Å². The highest BCUT2D eigenvalue weighted by atomic mass is 16.4. The first-order valence-corrected chi connectivity index (χ1v) is 7.27. The fraction of sp³-hybridized carbons (Fsp3) is 0.857. The van der Waals surface area contributed by atoms with Crippen LogP contribution in [-0.4, -0.2) is 29.2 Å². The highest BCUT2D eigenvalue weighted by Gasteiger charge is 2.42. The van der Waals surface area contributed by atoms with E-state index in [0.717, 1.165) is 0 Å². The van der Waals surface area contributed by atoms with Gasteiger partial charge in [-0.05, 0) is 49.9 Å². The Morgan fingerprint density at radius 1 is 1.11 bits per heavy atom. The molecule has 2 amide bonds. The van der Waals surface area contributed by atoms with E-state index >= 15 is 0 Å². The number of hydrogen-bond acceptors (Lipinski definition) is 2. The van der Waals surface area contributed by atoms with Crippen LogP contribution in [0.3, 0.4) is 0 Å². The smallest absolute Gasteiger partial charge is 0.326 e. The zero-order valence-corrected chi connectivity index (χ0v) is 11.7. The fourth-order valence-electron chi connectivity index (χ4n) is 2.58. The van der Waals surface area contributed by atoms with Crippen LogP contribution in [0.4, 0.5) is 4.79 Å². The number of hydrogen-bond donors (Lipinski definition) is 3. The Hall–Kier alpha value is -1.26. The molecule has 5 nitrogen and oxygen atoms in total. The molecule has 0 saturated heterocycles. The molecule has 2 aliphatic carbocycles. The molecule has 0 aliphatic heterocycles. The third kappa shape index (κ3) is 4.40. The number of nitrogens with one attached hydrogen (secondary N) is 2. The number of carbonyl (C=O) groups is 2. The van der Waals surface area contributed by atoms with Crippen LogP contribution in [0, 0.1) is 17.8 Å². The second kappa shape index (κ2) is 5.80. The van der Waals surface area contributed by atoms with Gasteiger partial charge in [0, 0.05) is 6.04 Å². The van der Waals surface area contributed by atoms with Gasteiger partial charge in [0.15, 0.2) is 0 Å². The molecule has 19 heavy (non-hydrogen) atoms. The van der Waals surface area contributed by atoms with E-state index in [1.165, 1.54) is 25.7 Å². The Balaban J connectivity index is 1.82. The lowest BCUT2D eigenvalue weighted by molar-refractivity contribution is -0.139. The molecule has 5 heteroatoms. The topological polar surface area (TPSA) is 78.4 Å². The molecule has 108 valence electrons. The van der Waals surface area contributed by atoms with Gasteiger partial charge in [-0.3, -0.25) is 0 Å². The van der Waals surface area contributed by atoms with Crippen LogP contribution in [0.25, 0.3) is 0 Å². The third-order valence-corrected chi connectivity index (χ3v) is 3.87. The molecular weight excluding hydrogens is 244 g/mol. The van der Waals surface area contributed by atoms with Crippen LogP contribution in [-0.2, 0) is 4.79 Å². The lowest BCUT2D eigenvalue weighted by Gasteiger charge is -2.21. The predicted molar refractivity (Wildman–Crippen MR) is 71.8 cm³/mol. The molecule has 0 bridgehead atoms. The first kappa shape index (κ1) is 14.2. The summed E-state index contributed by atoms with van der Waals surface area (Å²) in [6.07, 6.45) is 5.22. The molecule has 0 aromatic heterocycles. The summed E-state index contributed by atoms with van der Waals surface area (Å²) < 4.78 is 0. The number of carboxylic acids is 1. The monoisotopic (exact) mass is 268 g/mol. The molecular formula is C14H24N2O3. The van der Waals surface area contributed by atoms with Gasteiger partial charge in [0.1, 0.15) is 6.04 Å². The first-order chi connectivity index (χ1) is 8.97. The van der Waals surface area contributed by atoms with Gasteiger partial charge in [-0.1, -0.05) is 13.8 Å². The molecule has 0 spiro atoms. The van der Waals surface area contributed by atoms with E-state index in [1.54, 1.807) is 0 Å². The second-order valence-electron chi connectivity index (χ2n) is 6.34. The van der Waals surface area contributed by atoms with E-state index in [1.807, 2.05) is 13.8 Å². The molecule has 0 radical (unpaired) electrons. The molecule has 2 saturated carbocycles. The fourth-order valence-corrected chi connectivity index (χ4v) is 2.58. The van der Waals surface area contributed by atoms with Crippen molar-refractivity contribution in [2.24, 2.45) is 17.8 Å². The molecule has 1 atom stereocenters. The molecule has 0 aromatic carbocycles.